The molecule has 0 fully saturated rings. The monoisotopic (exact) mass is 370 g/mol. The minimum atomic E-state index is -0.143. The van der Waals surface area contributed by atoms with Gasteiger partial charge in [0.25, 0.3) is 0 Å². The summed E-state index contributed by atoms with van der Waals surface area (Å²) in [6.07, 6.45) is 1.70. The van der Waals surface area contributed by atoms with Crippen molar-refractivity contribution in [2.75, 3.05) is 12.4 Å². The number of nitrogens with zero attached hydrogens (tertiary/aromatic N) is 1. The highest BCUT2D eigenvalue weighted by Gasteiger charge is 2.09. The third-order valence-corrected chi connectivity index (χ3v) is 4.15. The van der Waals surface area contributed by atoms with E-state index in [4.69, 9.17) is 15.9 Å². The van der Waals surface area contributed by atoms with E-state index >= 15 is 0 Å². The van der Waals surface area contributed by atoms with Gasteiger partial charge in [0, 0.05) is 21.4 Å². The van der Waals surface area contributed by atoms with E-state index in [0.29, 0.717) is 5.82 Å². The van der Waals surface area contributed by atoms with Crippen molar-refractivity contribution >= 4 is 38.5 Å². The van der Waals surface area contributed by atoms with E-state index in [9.17, 15) is 0 Å². The number of hydrogen-bond acceptors (Lipinski definition) is 3. The molecule has 6 heteroatoms. The summed E-state index contributed by atoms with van der Waals surface area (Å²) in [5.41, 5.74) is 7.56. The molecule has 2 aromatic carbocycles. The lowest BCUT2D eigenvalue weighted by Crippen LogP contribution is -2.21. The van der Waals surface area contributed by atoms with Crippen LogP contribution in [0.25, 0.3) is 21.9 Å². The van der Waals surface area contributed by atoms with Crippen molar-refractivity contribution in [1.82, 2.24) is 4.98 Å². The van der Waals surface area contributed by atoms with Crippen molar-refractivity contribution in [2.24, 2.45) is 5.73 Å². The fourth-order valence-electron chi connectivity index (χ4n) is 2.40. The molecule has 23 heavy (non-hydrogen) atoms. The van der Waals surface area contributed by atoms with Crippen molar-refractivity contribution in [3.05, 3.63) is 53.1 Å². The van der Waals surface area contributed by atoms with Gasteiger partial charge in [0.15, 0.2) is 5.96 Å². The van der Waals surface area contributed by atoms with Crippen LogP contribution in [-0.4, -0.2) is 18.1 Å². The molecular weight excluding hydrogens is 356 g/mol. The van der Waals surface area contributed by atoms with Crippen LogP contribution in [0.2, 0.25) is 0 Å². The van der Waals surface area contributed by atoms with Crippen LogP contribution in [0.15, 0.2) is 53.1 Å². The Morgan fingerprint density at radius 2 is 1.83 bits per heavy atom. The molecular formula is C17H15BrN4O. The standard InChI is InChI=1S/C17H15BrN4O/c1-23-12-5-2-10(3-6-12)11-4-7-13-14(8-11)16(22-17(19)20)21-9-15(13)18/h2-9H,1H3,(H4,19,20,21,22). The number of hydrogen-bond donors (Lipinski definition) is 3. The number of aromatic nitrogens is 1. The van der Waals surface area contributed by atoms with Gasteiger partial charge in [-0.25, -0.2) is 4.98 Å². The highest BCUT2D eigenvalue weighted by Crippen LogP contribution is 2.32. The molecule has 0 spiro atoms. The molecule has 1 aromatic heterocycles. The van der Waals surface area contributed by atoms with Crippen LogP contribution in [0.1, 0.15) is 0 Å². The number of methoxy groups -OCH3 is 1. The quantitative estimate of drug-likeness (QED) is 0.480. The molecule has 0 radical (unpaired) electrons. The van der Waals surface area contributed by atoms with Gasteiger partial charge in [0.2, 0.25) is 0 Å². The first-order valence-corrected chi connectivity index (χ1v) is 7.71. The maximum atomic E-state index is 7.42. The highest BCUT2D eigenvalue weighted by molar-refractivity contribution is 9.10. The van der Waals surface area contributed by atoms with Gasteiger partial charge in [-0.05, 0) is 45.3 Å². The van der Waals surface area contributed by atoms with Crippen LogP contribution in [-0.2, 0) is 0 Å². The topological polar surface area (TPSA) is 84.0 Å². The zero-order valence-corrected chi connectivity index (χ0v) is 14.0. The van der Waals surface area contributed by atoms with Gasteiger partial charge in [-0.1, -0.05) is 24.3 Å². The summed E-state index contributed by atoms with van der Waals surface area (Å²) >= 11 is 3.51. The van der Waals surface area contributed by atoms with Crippen molar-refractivity contribution in [3.63, 3.8) is 0 Å². The van der Waals surface area contributed by atoms with Gasteiger partial charge in [0.1, 0.15) is 11.6 Å². The molecule has 0 bridgehead atoms. The number of nitrogens with one attached hydrogen (secondary N) is 2. The van der Waals surface area contributed by atoms with E-state index < -0.39 is 0 Å². The molecule has 116 valence electrons. The lowest BCUT2D eigenvalue weighted by Gasteiger charge is -2.11. The zero-order chi connectivity index (χ0) is 16.4. The second kappa shape index (κ2) is 6.26. The average Bonchev–Trinajstić information content (AvgIpc) is 2.57. The van der Waals surface area contributed by atoms with Crippen LogP contribution in [0, 0.1) is 5.41 Å². The summed E-state index contributed by atoms with van der Waals surface area (Å²) in [5, 5.41) is 12.1. The van der Waals surface area contributed by atoms with E-state index in [1.165, 1.54) is 0 Å². The third-order valence-electron chi connectivity index (χ3n) is 3.52. The molecule has 0 aliphatic heterocycles. The first kappa shape index (κ1) is 15.3. The summed E-state index contributed by atoms with van der Waals surface area (Å²) in [7, 11) is 1.65. The fraction of sp³-hybridized carbons (Fsp3) is 0.0588. The van der Waals surface area contributed by atoms with Gasteiger partial charge in [-0.15, -0.1) is 0 Å². The second-order valence-electron chi connectivity index (χ2n) is 4.98. The number of ether oxygens (including phenoxy) is 1. The SMILES string of the molecule is COc1ccc(-c2ccc3c(Br)cnc(NC(=N)N)c3c2)cc1. The molecule has 4 N–H and O–H groups in total. The van der Waals surface area contributed by atoms with Crippen LogP contribution >= 0.6 is 15.9 Å². The summed E-state index contributed by atoms with van der Waals surface area (Å²) in [6, 6.07) is 14.0. The minimum absolute atomic E-state index is 0.143. The fourth-order valence-corrected chi connectivity index (χ4v) is 2.85. The van der Waals surface area contributed by atoms with Crippen molar-refractivity contribution in [3.8, 4) is 16.9 Å². The predicted molar refractivity (Wildman–Crippen MR) is 97.0 cm³/mol. The Kier molecular flexibility index (Phi) is 4.16. The van der Waals surface area contributed by atoms with Crippen LogP contribution in [0.4, 0.5) is 5.82 Å². The number of rotatable bonds is 3. The largest absolute Gasteiger partial charge is 0.497 e. The number of pyridine rings is 1. The number of anilines is 1. The van der Waals surface area contributed by atoms with E-state index in [1.54, 1.807) is 13.3 Å². The average molecular weight is 371 g/mol. The smallest absolute Gasteiger partial charge is 0.191 e. The number of benzene rings is 2. The van der Waals surface area contributed by atoms with Crippen LogP contribution in [0.5, 0.6) is 5.75 Å². The van der Waals surface area contributed by atoms with Gasteiger partial charge in [0.05, 0.1) is 7.11 Å². The van der Waals surface area contributed by atoms with Gasteiger partial charge in [-0.3, -0.25) is 5.41 Å². The Morgan fingerprint density at radius 1 is 1.13 bits per heavy atom. The summed E-state index contributed by atoms with van der Waals surface area (Å²) < 4.78 is 6.08. The lowest BCUT2D eigenvalue weighted by molar-refractivity contribution is 0.415. The number of halogens is 1. The van der Waals surface area contributed by atoms with E-state index in [0.717, 1.165) is 32.1 Å². The number of fused-ring (bicyclic) bond motifs is 1. The molecule has 5 nitrogen and oxygen atoms in total. The maximum absolute atomic E-state index is 7.42. The Labute approximate surface area is 142 Å². The van der Waals surface area contributed by atoms with E-state index in [2.05, 4.69) is 26.2 Å². The normalized spacial score (nSPS) is 10.5. The molecule has 0 aliphatic carbocycles. The van der Waals surface area contributed by atoms with Crippen molar-refractivity contribution < 1.29 is 4.74 Å². The summed E-state index contributed by atoms with van der Waals surface area (Å²) in [4.78, 5) is 4.31. The number of nitrogens with two attached hydrogens (primary N) is 1. The van der Waals surface area contributed by atoms with Crippen LogP contribution in [0.3, 0.4) is 0 Å². The lowest BCUT2D eigenvalue weighted by atomic mass is 10.0. The third kappa shape index (κ3) is 3.12. The Hall–Kier alpha value is -2.60. The Morgan fingerprint density at radius 3 is 2.48 bits per heavy atom. The Bertz CT molecular complexity index is 878. The zero-order valence-electron chi connectivity index (χ0n) is 12.4. The first-order chi connectivity index (χ1) is 11.1. The van der Waals surface area contributed by atoms with E-state index in [1.807, 2.05) is 42.5 Å². The molecule has 0 unspecified atom stereocenters. The van der Waals surface area contributed by atoms with Gasteiger partial charge >= 0.3 is 0 Å². The predicted octanol–water partition coefficient (Wildman–Crippen LogP) is 3.98. The molecule has 0 amide bonds. The van der Waals surface area contributed by atoms with E-state index in [-0.39, 0.29) is 5.96 Å². The van der Waals surface area contributed by atoms with Crippen molar-refractivity contribution in [2.45, 2.75) is 0 Å². The Balaban J connectivity index is 2.13. The second-order valence-corrected chi connectivity index (χ2v) is 5.84. The molecule has 1 heterocycles. The minimum Gasteiger partial charge on any atom is -0.497 e. The molecule has 3 rings (SSSR count). The molecule has 0 saturated heterocycles. The summed E-state index contributed by atoms with van der Waals surface area (Å²) in [6.45, 7) is 0. The maximum Gasteiger partial charge on any atom is 0.191 e. The van der Waals surface area contributed by atoms with Gasteiger partial charge in [-0.2, -0.15) is 0 Å². The first-order valence-electron chi connectivity index (χ1n) is 6.92. The molecule has 0 saturated carbocycles. The molecule has 0 atom stereocenters. The van der Waals surface area contributed by atoms with Gasteiger partial charge < -0.3 is 15.8 Å². The molecule has 0 aliphatic rings. The van der Waals surface area contributed by atoms with Crippen molar-refractivity contribution in [1.29, 1.82) is 5.41 Å². The molecule has 3 aromatic rings. The highest BCUT2D eigenvalue weighted by atomic mass is 79.9. The summed E-state index contributed by atoms with van der Waals surface area (Å²) in [5.74, 6) is 1.24. The van der Waals surface area contributed by atoms with Crippen LogP contribution < -0.4 is 15.8 Å². The number of guanidine groups is 1.